The van der Waals surface area contributed by atoms with Gasteiger partial charge in [-0.15, -0.1) is 0 Å². The Kier molecular flexibility index (Phi) is 6.17. The Morgan fingerprint density at radius 2 is 2.13 bits per heavy atom. The van der Waals surface area contributed by atoms with Gasteiger partial charge in [0.25, 0.3) is 0 Å². The number of nitrogens with one attached hydrogen (secondary N) is 1. The van der Waals surface area contributed by atoms with E-state index in [2.05, 4.69) is 10.3 Å². The van der Waals surface area contributed by atoms with Gasteiger partial charge in [0.1, 0.15) is 11.5 Å². The lowest BCUT2D eigenvalue weighted by atomic mass is 10.1. The first-order valence-corrected chi connectivity index (χ1v) is 7.30. The van der Waals surface area contributed by atoms with Gasteiger partial charge < -0.3 is 14.8 Å². The minimum absolute atomic E-state index is 0.138. The molecule has 0 atom stereocenters. The van der Waals surface area contributed by atoms with E-state index < -0.39 is 0 Å². The molecule has 120 valence electrons. The number of nitrogens with zero attached hydrogens (tertiary/aromatic N) is 1. The zero-order valence-electron chi connectivity index (χ0n) is 13.3. The third-order valence-electron chi connectivity index (χ3n) is 3.30. The molecule has 23 heavy (non-hydrogen) atoms. The first kappa shape index (κ1) is 16.5. The Morgan fingerprint density at radius 3 is 2.83 bits per heavy atom. The van der Waals surface area contributed by atoms with Crippen LogP contribution in [-0.2, 0) is 11.2 Å². The number of ether oxygens (including phenoxy) is 2. The van der Waals surface area contributed by atoms with Gasteiger partial charge in [0.05, 0.1) is 14.2 Å². The molecule has 0 bridgehead atoms. The molecule has 2 rings (SSSR count). The molecule has 1 N–H and O–H groups in total. The summed E-state index contributed by atoms with van der Waals surface area (Å²) in [7, 11) is 3.23. The molecular formula is C18H20N2O3. The lowest BCUT2D eigenvalue weighted by Gasteiger charge is -2.10. The van der Waals surface area contributed by atoms with Crippen LogP contribution in [0.1, 0.15) is 11.1 Å². The Labute approximate surface area is 136 Å². The summed E-state index contributed by atoms with van der Waals surface area (Å²) in [6.07, 6.45) is 7.31. The van der Waals surface area contributed by atoms with Crippen molar-refractivity contribution in [2.45, 2.75) is 6.42 Å². The summed E-state index contributed by atoms with van der Waals surface area (Å²) in [5.74, 6) is 1.36. The molecule has 1 aromatic heterocycles. The van der Waals surface area contributed by atoms with Crippen molar-refractivity contribution in [1.29, 1.82) is 0 Å². The third-order valence-corrected chi connectivity index (χ3v) is 3.30. The highest BCUT2D eigenvalue weighted by atomic mass is 16.5. The van der Waals surface area contributed by atoms with E-state index in [-0.39, 0.29) is 5.91 Å². The lowest BCUT2D eigenvalue weighted by Crippen LogP contribution is -2.23. The average Bonchev–Trinajstić information content (AvgIpc) is 2.61. The van der Waals surface area contributed by atoms with Gasteiger partial charge in [-0.25, -0.2) is 0 Å². The first-order valence-electron chi connectivity index (χ1n) is 7.30. The maximum Gasteiger partial charge on any atom is 0.244 e. The van der Waals surface area contributed by atoms with Crippen molar-refractivity contribution in [3.63, 3.8) is 0 Å². The summed E-state index contributed by atoms with van der Waals surface area (Å²) in [5.41, 5.74) is 1.91. The standard InChI is InChI=1S/C18H20N2O3/c1-22-16-7-6-15(17(12-16)23-2)9-11-20-18(21)8-5-14-4-3-10-19-13-14/h3-8,10,12-13H,9,11H2,1-2H3,(H,20,21). The SMILES string of the molecule is COc1ccc(CCNC(=O)C=Cc2cccnc2)c(OC)c1. The second-order valence-corrected chi connectivity index (χ2v) is 4.84. The number of benzene rings is 1. The van der Waals surface area contributed by atoms with Gasteiger partial charge >= 0.3 is 0 Å². The highest BCUT2D eigenvalue weighted by molar-refractivity contribution is 5.91. The van der Waals surface area contributed by atoms with Gasteiger partial charge in [-0.3, -0.25) is 9.78 Å². The summed E-state index contributed by atoms with van der Waals surface area (Å²) in [5, 5.41) is 2.85. The second-order valence-electron chi connectivity index (χ2n) is 4.84. The number of aromatic nitrogens is 1. The van der Waals surface area contributed by atoms with E-state index in [9.17, 15) is 4.79 Å². The molecule has 0 saturated carbocycles. The Morgan fingerprint density at radius 1 is 1.26 bits per heavy atom. The zero-order chi connectivity index (χ0) is 16.5. The molecule has 0 spiro atoms. The summed E-state index contributed by atoms with van der Waals surface area (Å²) in [6.45, 7) is 0.527. The average molecular weight is 312 g/mol. The predicted octanol–water partition coefficient (Wildman–Crippen LogP) is 2.47. The number of pyridine rings is 1. The van der Waals surface area contributed by atoms with Crippen LogP contribution in [0.2, 0.25) is 0 Å². The fourth-order valence-corrected chi connectivity index (χ4v) is 2.08. The van der Waals surface area contributed by atoms with Crippen molar-refractivity contribution in [2.75, 3.05) is 20.8 Å². The largest absolute Gasteiger partial charge is 0.497 e. The molecule has 1 aromatic carbocycles. The van der Waals surface area contributed by atoms with Gasteiger partial charge in [0.2, 0.25) is 5.91 Å². The topological polar surface area (TPSA) is 60.5 Å². The Bertz CT molecular complexity index is 669. The van der Waals surface area contributed by atoms with E-state index in [0.717, 1.165) is 22.6 Å². The van der Waals surface area contributed by atoms with Crippen LogP contribution in [0.25, 0.3) is 6.08 Å². The van der Waals surface area contributed by atoms with Crippen LogP contribution in [0.3, 0.4) is 0 Å². The van der Waals surface area contributed by atoms with Crippen LogP contribution in [0.4, 0.5) is 0 Å². The molecule has 0 radical (unpaired) electrons. The van der Waals surface area contributed by atoms with Gasteiger partial charge in [-0.05, 0) is 35.8 Å². The molecule has 5 nitrogen and oxygen atoms in total. The smallest absolute Gasteiger partial charge is 0.244 e. The minimum Gasteiger partial charge on any atom is -0.497 e. The molecule has 2 aromatic rings. The molecule has 0 fully saturated rings. The van der Waals surface area contributed by atoms with Gasteiger partial charge in [0.15, 0.2) is 0 Å². The van der Waals surface area contributed by atoms with Crippen molar-refractivity contribution < 1.29 is 14.3 Å². The summed E-state index contributed by atoms with van der Waals surface area (Å²) in [6, 6.07) is 9.36. The number of hydrogen-bond acceptors (Lipinski definition) is 4. The summed E-state index contributed by atoms with van der Waals surface area (Å²) in [4.78, 5) is 15.8. The van der Waals surface area contributed by atoms with Gasteiger partial charge in [0, 0.05) is 31.1 Å². The van der Waals surface area contributed by atoms with Crippen LogP contribution in [0.5, 0.6) is 11.5 Å². The fraction of sp³-hybridized carbons (Fsp3) is 0.222. The van der Waals surface area contributed by atoms with Gasteiger partial charge in [-0.2, -0.15) is 0 Å². The molecular weight excluding hydrogens is 292 g/mol. The normalized spacial score (nSPS) is 10.5. The molecule has 1 heterocycles. The van der Waals surface area contributed by atoms with E-state index in [1.807, 2.05) is 30.3 Å². The van der Waals surface area contributed by atoms with Crippen LogP contribution >= 0.6 is 0 Å². The zero-order valence-corrected chi connectivity index (χ0v) is 13.3. The molecule has 0 aliphatic heterocycles. The van der Waals surface area contributed by atoms with E-state index in [4.69, 9.17) is 9.47 Å². The molecule has 0 aliphatic rings. The van der Waals surface area contributed by atoms with E-state index in [1.54, 1.807) is 32.7 Å². The maximum atomic E-state index is 11.8. The third kappa shape index (κ3) is 5.14. The summed E-state index contributed by atoms with van der Waals surface area (Å²) < 4.78 is 10.5. The highest BCUT2D eigenvalue weighted by Crippen LogP contribution is 2.24. The monoisotopic (exact) mass is 312 g/mol. The summed E-state index contributed by atoms with van der Waals surface area (Å²) >= 11 is 0. The molecule has 1 amide bonds. The quantitative estimate of drug-likeness (QED) is 0.798. The number of amides is 1. The van der Waals surface area contributed by atoms with Crippen molar-refractivity contribution in [3.8, 4) is 11.5 Å². The minimum atomic E-state index is -0.138. The number of hydrogen-bond donors (Lipinski definition) is 1. The number of carbonyl (C=O) groups is 1. The fourth-order valence-electron chi connectivity index (χ4n) is 2.08. The molecule has 0 aliphatic carbocycles. The van der Waals surface area contributed by atoms with Crippen molar-refractivity contribution in [1.82, 2.24) is 10.3 Å². The van der Waals surface area contributed by atoms with E-state index >= 15 is 0 Å². The van der Waals surface area contributed by atoms with Crippen molar-refractivity contribution in [2.24, 2.45) is 0 Å². The number of methoxy groups -OCH3 is 2. The number of carbonyl (C=O) groups excluding carboxylic acids is 1. The molecule has 0 unspecified atom stereocenters. The second kappa shape index (κ2) is 8.58. The van der Waals surface area contributed by atoms with Crippen LogP contribution < -0.4 is 14.8 Å². The maximum absolute atomic E-state index is 11.8. The van der Waals surface area contributed by atoms with E-state index in [0.29, 0.717) is 13.0 Å². The number of rotatable bonds is 7. The van der Waals surface area contributed by atoms with Crippen molar-refractivity contribution in [3.05, 3.63) is 59.9 Å². The Balaban J connectivity index is 1.85. The lowest BCUT2D eigenvalue weighted by molar-refractivity contribution is -0.116. The predicted molar refractivity (Wildman–Crippen MR) is 89.5 cm³/mol. The van der Waals surface area contributed by atoms with E-state index in [1.165, 1.54) is 6.08 Å². The van der Waals surface area contributed by atoms with Crippen molar-refractivity contribution >= 4 is 12.0 Å². The van der Waals surface area contributed by atoms with Crippen LogP contribution in [0.15, 0.2) is 48.8 Å². The first-order chi connectivity index (χ1) is 11.2. The Hall–Kier alpha value is -2.82. The van der Waals surface area contributed by atoms with Gasteiger partial charge in [-0.1, -0.05) is 12.1 Å². The van der Waals surface area contributed by atoms with Crippen LogP contribution in [0, 0.1) is 0 Å². The molecule has 0 saturated heterocycles. The molecule has 5 heteroatoms. The highest BCUT2D eigenvalue weighted by Gasteiger charge is 2.05. The van der Waals surface area contributed by atoms with Crippen LogP contribution in [-0.4, -0.2) is 31.7 Å².